The maximum Gasteiger partial charge on any atom is 0.0936 e. The van der Waals surface area contributed by atoms with Crippen LogP contribution in [0.5, 0.6) is 0 Å². The number of rotatable bonds is 3. The predicted molar refractivity (Wildman–Crippen MR) is 77.9 cm³/mol. The van der Waals surface area contributed by atoms with Gasteiger partial charge in [0.15, 0.2) is 0 Å². The Kier molecular flexibility index (Phi) is 3.77. The second-order valence-corrected chi connectivity index (χ2v) is 6.34. The number of hydrogen-bond acceptors (Lipinski definition) is 3. The Morgan fingerprint density at radius 2 is 2.28 bits per heavy atom. The molecule has 1 atom stereocenters. The Balaban J connectivity index is 1.79. The Morgan fingerprint density at radius 1 is 1.39 bits per heavy atom. The van der Waals surface area contributed by atoms with E-state index in [-0.39, 0.29) is 0 Å². The molecule has 1 aromatic heterocycles. The fourth-order valence-corrected chi connectivity index (χ4v) is 3.59. The van der Waals surface area contributed by atoms with E-state index in [9.17, 15) is 0 Å². The third-order valence-electron chi connectivity index (χ3n) is 3.19. The van der Waals surface area contributed by atoms with Gasteiger partial charge in [-0.05, 0) is 18.4 Å². The molecule has 1 aliphatic rings. The zero-order chi connectivity index (χ0) is 12.4. The summed E-state index contributed by atoms with van der Waals surface area (Å²) in [5.74, 6) is 0.656. The molecule has 3 rings (SSSR count). The third kappa shape index (κ3) is 2.66. The van der Waals surface area contributed by atoms with Gasteiger partial charge in [0.1, 0.15) is 0 Å². The highest BCUT2D eigenvalue weighted by Gasteiger charge is 2.18. The van der Waals surface area contributed by atoms with Crippen LogP contribution in [0.3, 0.4) is 0 Å². The lowest BCUT2D eigenvalue weighted by Crippen LogP contribution is -2.03. The Hall–Kier alpha value is -0.710. The fourth-order valence-electron chi connectivity index (χ4n) is 2.19. The van der Waals surface area contributed by atoms with E-state index in [1.807, 2.05) is 12.1 Å². The van der Waals surface area contributed by atoms with Gasteiger partial charge in [0.2, 0.25) is 0 Å². The molecule has 2 nitrogen and oxygen atoms in total. The van der Waals surface area contributed by atoms with Crippen molar-refractivity contribution in [2.24, 2.45) is 5.92 Å². The highest BCUT2D eigenvalue weighted by molar-refractivity contribution is 9.10. The molecule has 94 valence electrons. The molecule has 0 bridgehead atoms. The lowest BCUT2D eigenvalue weighted by Gasteiger charge is -2.03. The molecule has 1 fully saturated rings. The van der Waals surface area contributed by atoms with Crippen LogP contribution < -0.4 is 0 Å². The smallest absolute Gasteiger partial charge is 0.0936 e. The summed E-state index contributed by atoms with van der Waals surface area (Å²) in [6.45, 7) is 1.80. The molecule has 2 aromatic rings. The van der Waals surface area contributed by atoms with Crippen molar-refractivity contribution in [3.8, 4) is 11.3 Å². The lowest BCUT2D eigenvalue weighted by molar-refractivity contribution is 0.186. The first-order valence-corrected chi connectivity index (χ1v) is 7.77. The summed E-state index contributed by atoms with van der Waals surface area (Å²) in [5, 5.41) is 3.36. The SMILES string of the molecule is Brc1ccccc1-c1csc(CC2CCOC2)n1. The molecule has 4 heteroatoms. The van der Waals surface area contributed by atoms with Crippen LogP contribution >= 0.6 is 27.3 Å². The Morgan fingerprint density at radius 3 is 3.06 bits per heavy atom. The van der Waals surface area contributed by atoms with Crippen LogP contribution in [0.25, 0.3) is 11.3 Å². The van der Waals surface area contributed by atoms with E-state index in [4.69, 9.17) is 9.72 Å². The van der Waals surface area contributed by atoms with Gasteiger partial charge in [-0.2, -0.15) is 0 Å². The van der Waals surface area contributed by atoms with Crippen LogP contribution in [0, 0.1) is 5.92 Å². The first kappa shape index (κ1) is 12.3. The van der Waals surface area contributed by atoms with Crippen molar-refractivity contribution >= 4 is 27.3 Å². The van der Waals surface area contributed by atoms with Crippen molar-refractivity contribution in [2.75, 3.05) is 13.2 Å². The quantitative estimate of drug-likeness (QED) is 0.846. The molecule has 0 N–H and O–H groups in total. The zero-order valence-electron chi connectivity index (χ0n) is 9.93. The predicted octanol–water partition coefficient (Wildman–Crippen LogP) is 4.15. The maximum absolute atomic E-state index is 5.41. The second-order valence-electron chi connectivity index (χ2n) is 4.54. The van der Waals surface area contributed by atoms with Gasteiger partial charge >= 0.3 is 0 Å². The molecule has 1 aliphatic heterocycles. The summed E-state index contributed by atoms with van der Waals surface area (Å²) >= 11 is 5.33. The van der Waals surface area contributed by atoms with E-state index in [2.05, 4.69) is 33.4 Å². The Bertz CT molecular complexity index is 534. The highest BCUT2D eigenvalue weighted by atomic mass is 79.9. The van der Waals surface area contributed by atoms with Gasteiger partial charge in [-0.25, -0.2) is 4.98 Å². The second kappa shape index (κ2) is 5.51. The molecule has 1 unspecified atom stereocenters. The fraction of sp³-hybridized carbons (Fsp3) is 0.357. The number of hydrogen-bond donors (Lipinski definition) is 0. The monoisotopic (exact) mass is 323 g/mol. The number of thiazole rings is 1. The molecule has 0 amide bonds. The maximum atomic E-state index is 5.41. The van der Waals surface area contributed by atoms with Gasteiger partial charge in [0, 0.05) is 35.1 Å². The van der Waals surface area contributed by atoms with Gasteiger partial charge in [-0.15, -0.1) is 11.3 Å². The van der Waals surface area contributed by atoms with E-state index < -0.39 is 0 Å². The van der Waals surface area contributed by atoms with Crippen molar-refractivity contribution < 1.29 is 4.74 Å². The molecular formula is C14H14BrNOS. The molecule has 0 radical (unpaired) electrons. The average molecular weight is 324 g/mol. The van der Waals surface area contributed by atoms with Crippen LogP contribution in [-0.2, 0) is 11.2 Å². The summed E-state index contributed by atoms with van der Waals surface area (Å²) in [4.78, 5) is 4.74. The van der Waals surface area contributed by atoms with Crippen molar-refractivity contribution in [3.05, 3.63) is 39.1 Å². The van der Waals surface area contributed by atoms with E-state index in [1.165, 1.54) is 17.0 Å². The Labute approximate surface area is 119 Å². The van der Waals surface area contributed by atoms with E-state index >= 15 is 0 Å². The summed E-state index contributed by atoms with van der Waals surface area (Å²) in [6.07, 6.45) is 2.22. The van der Waals surface area contributed by atoms with Crippen LogP contribution in [0.2, 0.25) is 0 Å². The standard InChI is InChI=1S/C14H14BrNOS/c15-12-4-2-1-3-11(12)13-9-18-14(16-13)7-10-5-6-17-8-10/h1-4,9-10H,5-8H2. The van der Waals surface area contributed by atoms with Gasteiger partial charge < -0.3 is 4.74 Å². The highest BCUT2D eigenvalue weighted by Crippen LogP contribution is 2.30. The van der Waals surface area contributed by atoms with Crippen molar-refractivity contribution in [2.45, 2.75) is 12.8 Å². The number of nitrogens with zero attached hydrogens (tertiary/aromatic N) is 1. The van der Waals surface area contributed by atoms with Crippen molar-refractivity contribution in [3.63, 3.8) is 0 Å². The number of benzene rings is 1. The minimum Gasteiger partial charge on any atom is -0.381 e. The number of aromatic nitrogens is 1. The molecule has 1 saturated heterocycles. The molecule has 2 heterocycles. The molecule has 0 saturated carbocycles. The van der Waals surface area contributed by atoms with E-state index in [0.717, 1.165) is 29.8 Å². The summed E-state index contributed by atoms with van der Waals surface area (Å²) in [5.41, 5.74) is 2.24. The summed E-state index contributed by atoms with van der Waals surface area (Å²) in [7, 11) is 0. The summed E-state index contributed by atoms with van der Waals surface area (Å²) in [6, 6.07) is 8.22. The largest absolute Gasteiger partial charge is 0.381 e. The normalized spacial score (nSPS) is 19.3. The zero-order valence-corrected chi connectivity index (χ0v) is 12.3. The van der Waals surface area contributed by atoms with Gasteiger partial charge in [-0.1, -0.05) is 34.1 Å². The summed E-state index contributed by atoms with van der Waals surface area (Å²) < 4.78 is 6.51. The van der Waals surface area contributed by atoms with Crippen LogP contribution in [0.4, 0.5) is 0 Å². The average Bonchev–Trinajstić information content (AvgIpc) is 3.02. The topological polar surface area (TPSA) is 22.1 Å². The van der Waals surface area contributed by atoms with Crippen LogP contribution in [0.1, 0.15) is 11.4 Å². The molecule has 18 heavy (non-hydrogen) atoms. The van der Waals surface area contributed by atoms with E-state index in [0.29, 0.717) is 5.92 Å². The first-order valence-electron chi connectivity index (χ1n) is 6.10. The molecular weight excluding hydrogens is 310 g/mol. The van der Waals surface area contributed by atoms with E-state index in [1.54, 1.807) is 11.3 Å². The van der Waals surface area contributed by atoms with Crippen LogP contribution in [0.15, 0.2) is 34.1 Å². The minimum absolute atomic E-state index is 0.656. The minimum atomic E-state index is 0.656. The number of halogens is 1. The third-order valence-corrected chi connectivity index (χ3v) is 4.75. The van der Waals surface area contributed by atoms with Gasteiger partial charge in [-0.3, -0.25) is 0 Å². The molecule has 0 aliphatic carbocycles. The van der Waals surface area contributed by atoms with Gasteiger partial charge in [0.25, 0.3) is 0 Å². The molecule has 0 spiro atoms. The van der Waals surface area contributed by atoms with Crippen molar-refractivity contribution in [1.29, 1.82) is 0 Å². The van der Waals surface area contributed by atoms with Crippen molar-refractivity contribution in [1.82, 2.24) is 4.98 Å². The van der Waals surface area contributed by atoms with Crippen LogP contribution in [-0.4, -0.2) is 18.2 Å². The lowest BCUT2D eigenvalue weighted by atomic mass is 10.1. The van der Waals surface area contributed by atoms with Gasteiger partial charge in [0.05, 0.1) is 10.7 Å². The number of ether oxygens (including phenoxy) is 1. The molecule has 1 aromatic carbocycles. The first-order chi connectivity index (χ1) is 8.83.